The van der Waals surface area contributed by atoms with E-state index in [0.29, 0.717) is 17.9 Å². The van der Waals surface area contributed by atoms with E-state index in [2.05, 4.69) is 15.3 Å². The number of nitrogens with zero attached hydrogens (tertiary/aromatic N) is 3. The summed E-state index contributed by atoms with van der Waals surface area (Å²) in [6, 6.07) is 12.4. The molecule has 0 spiro atoms. The van der Waals surface area contributed by atoms with Gasteiger partial charge >= 0.3 is 0 Å². The van der Waals surface area contributed by atoms with Crippen LogP contribution in [0.15, 0.2) is 48.5 Å². The van der Waals surface area contributed by atoms with Crippen LogP contribution in [0.1, 0.15) is 23.1 Å². The Labute approximate surface area is 159 Å². The molecule has 0 saturated carbocycles. The molecule has 0 saturated heterocycles. The molecule has 0 atom stereocenters. The Morgan fingerprint density at radius 2 is 1.75 bits per heavy atom. The molecular weight excluding hydrogens is 369 g/mol. The summed E-state index contributed by atoms with van der Waals surface area (Å²) in [5.41, 5.74) is 0.905. The third-order valence-corrected chi connectivity index (χ3v) is 3.98. The smallest absolute Gasteiger partial charge is 0.277 e. The van der Waals surface area contributed by atoms with E-state index in [1.54, 1.807) is 19.1 Å². The van der Waals surface area contributed by atoms with Crippen LogP contribution in [-0.2, 0) is 0 Å². The van der Waals surface area contributed by atoms with Gasteiger partial charge in [-0.25, -0.2) is 23.1 Å². The Morgan fingerprint density at radius 1 is 1.04 bits per heavy atom. The van der Waals surface area contributed by atoms with Crippen LogP contribution in [0.4, 0.5) is 30.5 Å². The largest absolute Gasteiger partial charge is 0.322 e. The highest BCUT2D eigenvalue weighted by Gasteiger charge is 2.20. The lowest BCUT2D eigenvalue weighted by molar-refractivity contribution is 0.0983. The SMILES string of the molecule is CCN(C(=O)c1cc(C)nc(Nc2ccc(F)c(F)c2F)n1)c1ccccc1. The number of carbonyl (C=O) groups excluding carboxylic acids is 1. The van der Waals surface area contributed by atoms with Crippen LogP contribution >= 0.6 is 0 Å². The number of aromatic nitrogens is 2. The molecule has 2 aromatic carbocycles. The van der Waals surface area contributed by atoms with Crippen molar-refractivity contribution in [2.75, 3.05) is 16.8 Å². The standard InChI is InChI=1S/C20H17F3N4O/c1-3-27(13-7-5-4-6-8-13)19(28)16-11-12(2)24-20(26-16)25-15-10-9-14(21)17(22)18(15)23/h4-11H,3H2,1-2H3,(H,24,25,26). The molecule has 1 amide bonds. The molecule has 5 nitrogen and oxygen atoms in total. The van der Waals surface area contributed by atoms with Crippen molar-refractivity contribution >= 4 is 23.2 Å². The molecule has 144 valence electrons. The van der Waals surface area contributed by atoms with Gasteiger partial charge in [-0.15, -0.1) is 0 Å². The van der Waals surface area contributed by atoms with Crippen molar-refractivity contribution in [2.45, 2.75) is 13.8 Å². The highest BCUT2D eigenvalue weighted by atomic mass is 19.2. The number of hydrogen-bond acceptors (Lipinski definition) is 4. The van der Waals surface area contributed by atoms with Gasteiger partial charge in [0.15, 0.2) is 17.5 Å². The van der Waals surface area contributed by atoms with E-state index in [0.717, 1.165) is 12.1 Å². The monoisotopic (exact) mass is 386 g/mol. The Hall–Kier alpha value is -3.42. The number of halogens is 3. The summed E-state index contributed by atoms with van der Waals surface area (Å²) in [5, 5.41) is 2.50. The maximum Gasteiger partial charge on any atom is 0.277 e. The van der Waals surface area contributed by atoms with Crippen molar-refractivity contribution in [1.82, 2.24) is 9.97 Å². The minimum absolute atomic E-state index is 0.0868. The van der Waals surface area contributed by atoms with E-state index in [1.807, 2.05) is 25.1 Å². The zero-order valence-electron chi connectivity index (χ0n) is 15.2. The fourth-order valence-electron chi connectivity index (χ4n) is 2.67. The van der Waals surface area contributed by atoms with Crippen molar-refractivity contribution in [1.29, 1.82) is 0 Å². The average Bonchev–Trinajstić information content (AvgIpc) is 2.69. The molecule has 0 aliphatic rings. The number of amides is 1. The van der Waals surface area contributed by atoms with Gasteiger partial charge in [-0.3, -0.25) is 4.79 Å². The van der Waals surface area contributed by atoms with Gasteiger partial charge in [0.2, 0.25) is 5.95 Å². The van der Waals surface area contributed by atoms with Crippen LogP contribution < -0.4 is 10.2 Å². The van der Waals surface area contributed by atoms with Crippen molar-refractivity contribution in [3.8, 4) is 0 Å². The fraction of sp³-hybridized carbons (Fsp3) is 0.150. The number of aryl methyl sites for hydroxylation is 1. The molecule has 3 rings (SSSR count). The maximum absolute atomic E-state index is 13.9. The van der Waals surface area contributed by atoms with Crippen LogP contribution in [0.3, 0.4) is 0 Å². The van der Waals surface area contributed by atoms with Gasteiger partial charge in [0.05, 0.1) is 5.69 Å². The number of para-hydroxylation sites is 1. The van der Waals surface area contributed by atoms with Gasteiger partial charge < -0.3 is 10.2 Å². The molecule has 1 N–H and O–H groups in total. The van der Waals surface area contributed by atoms with Crippen LogP contribution in [0.2, 0.25) is 0 Å². The molecule has 0 bridgehead atoms. The second-order valence-electron chi connectivity index (χ2n) is 5.95. The van der Waals surface area contributed by atoms with Crippen LogP contribution in [-0.4, -0.2) is 22.4 Å². The normalized spacial score (nSPS) is 10.6. The summed E-state index contributed by atoms with van der Waals surface area (Å²) >= 11 is 0. The van der Waals surface area contributed by atoms with E-state index >= 15 is 0 Å². The molecule has 0 radical (unpaired) electrons. The first-order valence-corrected chi connectivity index (χ1v) is 8.53. The molecular formula is C20H17F3N4O. The number of carbonyl (C=O) groups is 1. The number of benzene rings is 2. The topological polar surface area (TPSA) is 58.1 Å². The molecule has 0 aliphatic heterocycles. The molecule has 0 unspecified atom stereocenters. The summed E-state index contributed by atoms with van der Waals surface area (Å²) in [5.74, 6) is -4.76. The van der Waals surface area contributed by atoms with E-state index in [-0.39, 0.29) is 23.2 Å². The molecule has 0 aliphatic carbocycles. The van der Waals surface area contributed by atoms with Gasteiger partial charge in [0.1, 0.15) is 5.69 Å². The van der Waals surface area contributed by atoms with Gasteiger partial charge in [-0.2, -0.15) is 0 Å². The number of anilines is 3. The Kier molecular flexibility index (Phi) is 5.58. The van der Waals surface area contributed by atoms with Gasteiger partial charge in [0, 0.05) is 17.9 Å². The number of rotatable bonds is 5. The third-order valence-electron chi connectivity index (χ3n) is 3.98. The van der Waals surface area contributed by atoms with E-state index in [1.165, 1.54) is 11.0 Å². The van der Waals surface area contributed by atoms with Gasteiger partial charge in [-0.1, -0.05) is 18.2 Å². The van der Waals surface area contributed by atoms with Crippen molar-refractivity contribution in [3.63, 3.8) is 0 Å². The average molecular weight is 386 g/mol. The summed E-state index contributed by atoms with van der Waals surface area (Å²) in [7, 11) is 0. The summed E-state index contributed by atoms with van der Waals surface area (Å²) in [6.07, 6.45) is 0. The van der Waals surface area contributed by atoms with Crippen LogP contribution in [0.5, 0.6) is 0 Å². The highest BCUT2D eigenvalue weighted by molar-refractivity contribution is 6.05. The third kappa shape index (κ3) is 3.95. The van der Waals surface area contributed by atoms with E-state index in [9.17, 15) is 18.0 Å². The zero-order chi connectivity index (χ0) is 20.3. The Balaban J connectivity index is 1.93. The first kappa shape index (κ1) is 19.3. The fourth-order valence-corrected chi connectivity index (χ4v) is 2.67. The summed E-state index contributed by atoms with van der Waals surface area (Å²) in [4.78, 5) is 22.7. The van der Waals surface area contributed by atoms with E-state index < -0.39 is 17.5 Å². The predicted molar refractivity (Wildman–Crippen MR) is 100 cm³/mol. The lowest BCUT2D eigenvalue weighted by atomic mass is 10.2. The molecule has 1 aromatic heterocycles. The maximum atomic E-state index is 13.9. The minimum atomic E-state index is -1.60. The Morgan fingerprint density at radius 3 is 2.43 bits per heavy atom. The second-order valence-corrected chi connectivity index (χ2v) is 5.95. The van der Waals surface area contributed by atoms with Crippen molar-refractivity contribution in [2.24, 2.45) is 0 Å². The number of hydrogen-bond donors (Lipinski definition) is 1. The van der Waals surface area contributed by atoms with Crippen molar-refractivity contribution in [3.05, 3.63) is 77.4 Å². The predicted octanol–water partition coefficient (Wildman–Crippen LogP) is 4.61. The Bertz CT molecular complexity index is 1010. The first-order valence-electron chi connectivity index (χ1n) is 8.53. The van der Waals surface area contributed by atoms with Gasteiger partial charge in [0.25, 0.3) is 5.91 Å². The minimum Gasteiger partial charge on any atom is -0.322 e. The van der Waals surface area contributed by atoms with Crippen molar-refractivity contribution < 1.29 is 18.0 Å². The molecule has 1 heterocycles. The first-order chi connectivity index (χ1) is 13.4. The van der Waals surface area contributed by atoms with Gasteiger partial charge in [-0.05, 0) is 44.2 Å². The summed E-state index contributed by atoms with van der Waals surface area (Å²) < 4.78 is 40.4. The quantitative estimate of drug-likeness (QED) is 0.651. The molecule has 8 heteroatoms. The molecule has 3 aromatic rings. The number of nitrogens with one attached hydrogen (secondary N) is 1. The second kappa shape index (κ2) is 8.08. The van der Waals surface area contributed by atoms with Crippen LogP contribution in [0.25, 0.3) is 0 Å². The molecule has 28 heavy (non-hydrogen) atoms. The van der Waals surface area contributed by atoms with E-state index in [4.69, 9.17) is 0 Å². The van der Waals surface area contributed by atoms with Crippen LogP contribution in [0, 0.1) is 24.4 Å². The lowest BCUT2D eigenvalue weighted by Gasteiger charge is -2.21. The zero-order valence-corrected chi connectivity index (χ0v) is 15.2. The molecule has 0 fully saturated rings. The highest BCUT2D eigenvalue weighted by Crippen LogP contribution is 2.23. The lowest BCUT2D eigenvalue weighted by Crippen LogP contribution is -2.31. The summed E-state index contributed by atoms with van der Waals surface area (Å²) in [6.45, 7) is 3.88.